The summed E-state index contributed by atoms with van der Waals surface area (Å²) in [7, 11) is 2.65. The van der Waals surface area contributed by atoms with Crippen LogP contribution in [0.3, 0.4) is 0 Å². The van der Waals surface area contributed by atoms with E-state index < -0.39 is 159 Å². The Kier molecular flexibility index (Phi) is 22.7. The summed E-state index contributed by atoms with van der Waals surface area (Å²) in [5, 5.41) is 113. The Bertz CT molecular complexity index is 2890. The average molecular weight is 1160 g/mol. The number of hydrogen-bond donors (Lipinski definition) is 13. The minimum atomic E-state index is -1.82. The molecular formula is C50H66N4O27. The maximum Gasteiger partial charge on any atom is 0.336 e. The zero-order valence-corrected chi connectivity index (χ0v) is 44.2. The number of ether oxygens (including phenoxy) is 8. The van der Waals surface area contributed by atoms with Gasteiger partial charge in [-0.1, -0.05) is 5.16 Å². The Hall–Kier alpha value is -6.18. The Morgan fingerprint density at radius 1 is 0.593 bits per heavy atom. The second-order valence-corrected chi connectivity index (χ2v) is 18.8. The van der Waals surface area contributed by atoms with Gasteiger partial charge in [0.2, 0.25) is 24.4 Å². The van der Waals surface area contributed by atoms with E-state index in [9.17, 15) is 75.0 Å². The number of nitrogens with zero attached hydrogens (tertiary/aromatic N) is 1. The van der Waals surface area contributed by atoms with E-state index in [1.807, 2.05) is 0 Å². The van der Waals surface area contributed by atoms with E-state index >= 15 is 0 Å². The monoisotopic (exact) mass is 1150 g/mol. The van der Waals surface area contributed by atoms with E-state index in [0.29, 0.717) is 21.9 Å². The van der Waals surface area contributed by atoms with Crippen molar-refractivity contribution in [2.75, 3.05) is 27.4 Å². The number of rotatable bonds is 15. The van der Waals surface area contributed by atoms with Gasteiger partial charge in [-0.05, 0) is 49.2 Å². The van der Waals surface area contributed by atoms with Crippen LogP contribution in [-0.2, 0) is 52.5 Å². The zero-order chi connectivity index (χ0) is 59.6. The number of aryl methyl sites for hydroxylation is 2. The molecule has 0 saturated carbocycles. The summed E-state index contributed by atoms with van der Waals surface area (Å²) in [4.78, 5) is 67.0. The molecule has 0 unspecified atom stereocenters. The third-order valence-electron chi connectivity index (χ3n) is 13.0. The number of benzene rings is 2. The number of carbonyl (C=O) groups is 3. The SMILES string of the molecule is CC(=O)N[C@H]1[C@H](Oc2ccc3c(C)cc(=O)oc3c2)O[C@H](CO)[C@@H](O[C@@H]2O[C@H](C=O)[C@H](O)[C@H](O)[C@H]2O)[C@@H]1O.CON.CON=C[C@H]1O[C@@H](O[C@H]2[C@H](O)[C@@H](NC(C)=O)[C@H](Oc3ccc4c(C)cc(=O)oc4c3)O[C@@H]2CO)[C@H](O)[C@@H](O)[C@H]1O. The molecule has 81 heavy (non-hydrogen) atoms. The molecule has 0 radical (unpaired) electrons. The zero-order valence-electron chi connectivity index (χ0n) is 44.2. The summed E-state index contributed by atoms with van der Waals surface area (Å²) in [6.07, 6.45) is -26.6. The second kappa shape index (κ2) is 28.7. The lowest BCUT2D eigenvalue weighted by atomic mass is 9.95. The molecule has 14 N–H and O–H groups in total. The van der Waals surface area contributed by atoms with Crippen LogP contribution in [0.2, 0.25) is 0 Å². The van der Waals surface area contributed by atoms with Crippen molar-refractivity contribution in [2.24, 2.45) is 11.1 Å². The van der Waals surface area contributed by atoms with Gasteiger partial charge in [0.15, 0.2) is 18.9 Å². The minimum Gasteiger partial charge on any atom is -0.462 e. The molecule has 20 atom stereocenters. The van der Waals surface area contributed by atoms with Crippen LogP contribution in [0.1, 0.15) is 25.0 Å². The molecule has 4 aliphatic heterocycles. The third kappa shape index (κ3) is 15.3. The molecule has 0 bridgehead atoms. The molecule has 8 rings (SSSR count). The number of aliphatic hydroxyl groups excluding tert-OH is 10. The van der Waals surface area contributed by atoms with Crippen LogP contribution in [0, 0.1) is 13.8 Å². The molecule has 31 heteroatoms. The number of nitrogens with two attached hydrogens (primary N) is 1. The Morgan fingerprint density at radius 2 is 0.988 bits per heavy atom. The number of carbonyl (C=O) groups excluding carboxylic acids is 3. The molecule has 4 aliphatic rings. The highest BCUT2D eigenvalue weighted by Gasteiger charge is 2.54. The van der Waals surface area contributed by atoms with Gasteiger partial charge in [-0.25, -0.2) is 15.5 Å². The van der Waals surface area contributed by atoms with E-state index in [4.69, 9.17) is 46.7 Å². The van der Waals surface area contributed by atoms with Crippen molar-refractivity contribution in [3.63, 3.8) is 0 Å². The summed E-state index contributed by atoms with van der Waals surface area (Å²) in [6.45, 7) is 4.47. The number of hydrogen-bond acceptors (Lipinski definition) is 29. The fourth-order valence-corrected chi connectivity index (χ4v) is 9.11. The number of nitrogens with one attached hydrogen (secondary N) is 2. The topological polar surface area (TPSA) is 469 Å². The average Bonchev–Trinajstić information content (AvgIpc) is 3.47. The summed E-state index contributed by atoms with van der Waals surface area (Å²) in [6, 6.07) is 9.48. The van der Waals surface area contributed by atoms with Crippen LogP contribution in [0.15, 0.2) is 72.1 Å². The van der Waals surface area contributed by atoms with Gasteiger partial charge in [0.1, 0.15) is 127 Å². The molecule has 31 nitrogen and oxygen atoms in total. The first-order valence-electron chi connectivity index (χ1n) is 24.8. The molecule has 0 spiro atoms. The maximum atomic E-state index is 12.0. The largest absolute Gasteiger partial charge is 0.462 e. The molecular weight excluding hydrogens is 1090 g/mol. The predicted molar refractivity (Wildman–Crippen MR) is 270 cm³/mol. The van der Waals surface area contributed by atoms with Crippen molar-refractivity contribution < 1.29 is 122 Å². The van der Waals surface area contributed by atoms with Gasteiger partial charge in [0.05, 0.1) is 26.5 Å². The summed E-state index contributed by atoms with van der Waals surface area (Å²) < 4.78 is 55.9. The highest BCUT2D eigenvalue weighted by molar-refractivity contribution is 5.82. The van der Waals surface area contributed by atoms with E-state index in [1.165, 1.54) is 52.3 Å². The first-order valence-corrected chi connectivity index (χ1v) is 24.8. The highest BCUT2D eigenvalue weighted by Crippen LogP contribution is 2.34. The molecule has 0 aliphatic carbocycles. The van der Waals surface area contributed by atoms with E-state index in [1.54, 1.807) is 38.1 Å². The van der Waals surface area contributed by atoms with Crippen LogP contribution in [0.4, 0.5) is 0 Å². The van der Waals surface area contributed by atoms with Crippen molar-refractivity contribution in [2.45, 2.75) is 150 Å². The summed E-state index contributed by atoms with van der Waals surface area (Å²) >= 11 is 0. The molecule has 4 fully saturated rings. The van der Waals surface area contributed by atoms with Gasteiger partial charge in [-0.3, -0.25) is 9.59 Å². The quantitative estimate of drug-likeness (QED) is 0.0229. The number of aldehydes is 1. The fourth-order valence-electron chi connectivity index (χ4n) is 9.11. The van der Waals surface area contributed by atoms with Crippen LogP contribution in [0.25, 0.3) is 21.9 Å². The van der Waals surface area contributed by atoms with Crippen molar-refractivity contribution >= 4 is 46.3 Å². The Labute approximate surface area is 458 Å². The van der Waals surface area contributed by atoms with E-state index in [0.717, 1.165) is 6.21 Å². The lowest BCUT2D eigenvalue weighted by molar-refractivity contribution is -0.335. The molecule has 6 heterocycles. The van der Waals surface area contributed by atoms with Crippen molar-refractivity contribution in [1.29, 1.82) is 0 Å². The minimum absolute atomic E-state index is 0.159. The molecule has 4 aromatic rings. The maximum absolute atomic E-state index is 12.0. The fraction of sp³-hybridized carbons (Fsp3) is 0.560. The van der Waals surface area contributed by atoms with Crippen molar-refractivity contribution in [3.8, 4) is 11.5 Å². The van der Waals surface area contributed by atoms with E-state index in [-0.39, 0.29) is 29.0 Å². The number of oxime groups is 1. The molecule has 2 amide bonds. The highest BCUT2D eigenvalue weighted by atomic mass is 16.8. The number of amides is 2. The van der Waals surface area contributed by atoms with Gasteiger partial charge >= 0.3 is 11.3 Å². The summed E-state index contributed by atoms with van der Waals surface area (Å²) in [5.74, 6) is 3.56. The third-order valence-corrected chi connectivity index (χ3v) is 13.0. The van der Waals surface area contributed by atoms with Crippen molar-refractivity contribution in [3.05, 3.63) is 80.5 Å². The van der Waals surface area contributed by atoms with Gasteiger partial charge in [0.25, 0.3) is 0 Å². The van der Waals surface area contributed by atoms with Crippen molar-refractivity contribution in [1.82, 2.24) is 10.6 Å². The lowest BCUT2D eigenvalue weighted by Gasteiger charge is -2.46. The Morgan fingerprint density at radius 3 is 1.36 bits per heavy atom. The normalized spacial score (nSPS) is 34.0. The van der Waals surface area contributed by atoms with Crippen LogP contribution < -0.4 is 37.3 Å². The number of fused-ring (bicyclic) bond motifs is 2. The van der Waals surface area contributed by atoms with Crippen LogP contribution in [-0.4, -0.2) is 226 Å². The Balaban J connectivity index is 0.000000249. The predicted octanol–water partition coefficient (Wildman–Crippen LogP) is -5.15. The smallest absolute Gasteiger partial charge is 0.336 e. The van der Waals surface area contributed by atoms with Gasteiger partial charge in [-0.2, -0.15) is 0 Å². The lowest BCUT2D eigenvalue weighted by Crippen LogP contribution is -2.68. The first kappa shape index (κ1) is 64.0. The number of aliphatic hydroxyl groups is 10. The first-order chi connectivity index (χ1) is 38.5. The van der Waals surface area contributed by atoms with Crippen LogP contribution >= 0.6 is 0 Å². The van der Waals surface area contributed by atoms with Gasteiger partial charge in [0, 0.05) is 48.9 Å². The van der Waals surface area contributed by atoms with Gasteiger partial charge in [-0.15, -0.1) is 0 Å². The van der Waals surface area contributed by atoms with Gasteiger partial charge < -0.3 is 123 Å². The summed E-state index contributed by atoms with van der Waals surface area (Å²) in [5.41, 5.74) is 0.738. The second-order valence-electron chi connectivity index (χ2n) is 18.8. The molecule has 4 saturated heterocycles. The molecule has 2 aromatic heterocycles. The van der Waals surface area contributed by atoms with Crippen LogP contribution in [0.5, 0.6) is 11.5 Å². The molecule has 448 valence electrons. The standard InChI is InChI=1S/C25H32N2O13.C24H29NO13.CH5NO/c1-10-6-17(30)37-14-7-12(4-5-13(10)14)36-24-18(27-11(2)29)20(32)23(16(9-28)39-24)40-25-22(34)21(33)19(31)15(38-25)8-26-35-3;1-9-5-16(29)35-13-6-11(3-4-12(9)13)34-23-17(25-10(2)28)19(31)22(15(8-27)37-23)38-24-21(33)20(32)18(30)14(7-26)36-24;1-3-2/h4-8,15-16,18-25,28,31-34H,9H2,1-3H3,(H,27,29);3-7,14-15,17-24,27,30-33H,8H2,1-2H3,(H,25,28);2H2,1H3/t15-,16-,18-,19+,20-,21+,22-,23-,24-,25+;14-,15-,17-,18+,19-,20+,21-,22-,23-,24+;/m11./s1. The van der Waals surface area contributed by atoms with E-state index in [2.05, 4.69) is 31.4 Å². The molecule has 2 aromatic carbocycles.